The van der Waals surface area contributed by atoms with E-state index in [4.69, 9.17) is 0 Å². The molecule has 1 heterocycles. The minimum Gasteiger partial charge on any atom is -0.374 e. The summed E-state index contributed by atoms with van der Waals surface area (Å²) in [7, 11) is 2.12. The monoisotopic (exact) mass is 151 g/mol. The summed E-state index contributed by atoms with van der Waals surface area (Å²) < 4.78 is 0. The average Bonchev–Trinajstić information content (AvgIpc) is 1.94. The highest BCUT2D eigenvalue weighted by Gasteiger charge is 2.09. The Hall–Kier alpha value is -0.720. The predicted octanol–water partition coefficient (Wildman–Crippen LogP) is 2.42. The molecule has 11 heavy (non-hydrogen) atoms. The Morgan fingerprint density at radius 2 is 2.09 bits per heavy atom. The minimum absolute atomic E-state index is 0.553. The SMILES string of the molecule is CC(C)C1=CN(C)C(C)C=C1. The van der Waals surface area contributed by atoms with Gasteiger partial charge in [0, 0.05) is 19.3 Å². The molecule has 0 aromatic heterocycles. The van der Waals surface area contributed by atoms with E-state index in [0.29, 0.717) is 12.0 Å². The van der Waals surface area contributed by atoms with E-state index >= 15 is 0 Å². The minimum atomic E-state index is 0.553. The van der Waals surface area contributed by atoms with Gasteiger partial charge < -0.3 is 4.90 Å². The smallest absolute Gasteiger partial charge is 0.0439 e. The van der Waals surface area contributed by atoms with Gasteiger partial charge in [-0.1, -0.05) is 26.0 Å². The second-order valence-electron chi connectivity index (χ2n) is 3.55. The standard InChI is InChI=1S/C10H17N/c1-8(2)10-6-5-9(3)11(4)7-10/h5-9H,1-4H3. The van der Waals surface area contributed by atoms with Gasteiger partial charge in [-0.25, -0.2) is 0 Å². The van der Waals surface area contributed by atoms with E-state index in [9.17, 15) is 0 Å². The summed E-state index contributed by atoms with van der Waals surface area (Å²) in [6.07, 6.45) is 6.71. The Bertz CT molecular complexity index is 189. The normalized spacial score (nSPS) is 24.3. The van der Waals surface area contributed by atoms with Crippen LogP contribution in [0.3, 0.4) is 0 Å². The van der Waals surface area contributed by atoms with Crippen molar-refractivity contribution < 1.29 is 0 Å². The lowest BCUT2D eigenvalue weighted by atomic mass is 10.0. The lowest BCUT2D eigenvalue weighted by Gasteiger charge is -2.26. The highest BCUT2D eigenvalue weighted by Crippen LogP contribution is 2.17. The molecule has 1 aliphatic heterocycles. The molecular formula is C10H17N. The van der Waals surface area contributed by atoms with Crippen LogP contribution in [0, 0.1) is 5.92 Å². The molecule has 1 rings (SSSR count). The van der Waals surface area contributed by atoms with Gasteiger partial charge in [-0.2, -0.15) is 0 Å². The maximum Gasteiger partial charge on any atom is 0.0439 e. The second-order valence-corrected chi connectivity index (χ2v) is 3.55. The van der Waals surface area contributed by atoms with Crippen molar-refractivity contribution in [2.45, 2.75) is 26.8 Å². The van der Waals surface area contributed by atoms with Crippen LogP contribution in [0.4, 0.5) is 0 Å². The van der Waals surface area contributed by atoms with Gasteiger partial charge in [0.25, 0.3) is 0 Å². The topological polar surface area (TPSA) is 3.24 Å². The van der Waals surface area contributed by atoms with Crippen LogP contribution in [0.25, 0.3) is 0 Å². The second kappa shape index (κ2) is 3.12. The van der Waals surface area contributed by atoms with Crippen LogP contribution in [0.15, 0.2) is 23.9 Å². The number of nitrogens with zero attached hydrogens (tertiary/aromatic N) is 1. The predicted molar refractivity (Wildman–Crippen MR) is 49.3 cm³/mol. The van der Waals surface area contributed by atoms with Crippen molar-refractivity contribution in [3.63, 3.8) is 0 Å². The van der Waals surface area contributed by atoms with Gasteiger partial charge in [0.15, 0.2) is 0 Å². The van der Waals surface area contributed by atoms with Crippen LogP contribution in [0.5, 0.6) is 0 Å². The van der Waals surface area contributed by atoms with Crippen molar-refractivity contribution in [1.82, 2.24) is 4.90 Å². The van der Waals surface area contributed by atoms with E-state index in [1.165, 1.54) is 5.57 Å². The summed E-state index contributed by atoms with van der Waals surface area (Å²) in [5.41, 5.74) is 1.42. The fraction of sp³-hybridized carbons (Fsp3) is 0.600. The zero-order chi connectivity index (χ0) is 8.43. The van der Waals surface area contributed by atoms with Crippen molar-refractivity contribution in [2.24, 2.45) is 5.92 Å². The van der Waals surface area contributed by atoms with Crippen LogP contribution in [-0.2, 0) is 0 Å². The van der Waals surface area contributed by atoms with Crippen LogP contribution < -0.4 is 0 Å². The summed E-state index contributed by atoms with van der Waals surface area (Å²) in [4.78, 5) is 2.25. The fourth-order valence-corrected chi connectivity index (χ4v) is 1.12. The first-order valence-corrected chi connectivity index (χ1v) is 4.23. The van der Waals surface area contributed by atoms with E-state index < -0.39 is 0 Å². The zero-order valence-electron chi connectivity index (χ0n) is 7.83. The molecule has 0 N–H and O–H groups in total. The van der Waals surface area contributed by atoms with Crippen molar-refractivity contribution >= 4 is 0 Å². The van der Waals surface area contributed by atoms with Crippen LogP contribution in [-0.4, -0.2) is 18.0 Å². The molecule has 1 nitrogen and oxygen atoms in total. The van der Waals surface area contributed by atoms with Crippen molar-refractivity contribution in [3.05, 3.63) is 23.9 Å². The van der Waals surface area contributed by atoms with Crippen molar-refractivity contribution in [3.8, 4) is 0 Å². The summed E-state index contributed by atoms with van der Waals surface area (Å²) in [6.45, 7) is 6.64. The van der Waals surface area contributed by atoms with Gasteiger partial charge in [0.05, 0.1) is 0 Å². The Morgan fingerprint density at radius 3 is 2.55 bits per heavy atom. The molecule has 1 aliphatic rings. The molecule has 0 amide bonds. The Labute approximate surface area is 69.4 Å². The van der Waals surface area contributed by atoms with Crippen LogP contribution in [0.2, 0.25) is 0 Å². The van der Waals surface area contributed by atoms with E-state index in [0.717, 1.165) is 0 Å². The number of likely N-dealkylation sites (N-methyl/N-ethyl adjacent to an activating group) is 1. The molecule has 0 aromatic carbocycles. The third kappa shape index (κ3) is 1.86. The van der Waals surface area contributed by atoms with Crippen molar-refractivity contribution in [1.29, 1.82) is 0 Å². The Balaban J connectivity index is 2.72. The summed E-state index contributed by atoms with van der Waals surface area (Å²) in [6, 6.07) is 0.553. The largest absolute Gasteiger partial charge is 0.374 e. The van der Waals surface area contributed by atoms with Gasteiger partial charge >= 0.3 is 0 Å². The first-order chi connectivity index (χ1) is 5.11. The van der Waals surface area contributed by atoms with Crippen LogP contribution >= 0.6 is 0 Å². The molecule has 0 radical (unpaired) electrons. The molecule has 0 saturated carbocycles. The molecule has 0 aromatic rings. The van der Waals surface area contributed by atoms with Gasteiger partial charge in [-0.15, -0.1) is 0 Å². The van der Waals surface area contributed by atoms with E-state index in [1.54, 1.807) is 0 Å². The van der Waals surface area contributed by atoms with Gasteiger partial charge in [0.1, 0.15) is 0 Å². The fourth-order valence-electron chi connectivity index (χ4n) is 1.12. The molecule has 0 bridgehead atoms. The number of hydrogen-bond donors (Lipinski definition) is 0. The number of rotatable bonds is 1. The van der Waals surface area contributed by atoms with Crippen LogP contribution in [0.1, 0.15) is 20.8 Å². The molecule has 0 fully saturated rings. The quantitative estimate of drug-likeness (QED) is 0.556. The summed E-state index contributed by atoms with van der Waals surface area (Å²) in [5.74, 6) is 0.640. The highest BCUT2D eigenvalue weighted by molar-refractivity contribution is 5.25. The van der Waals surface area contributed by atoms with E-state index in [-0.39, 0.29) is 0 Å². The molecule has 1 heteroatoms. The van der Waals surface area contributed by atoms with Gasteiger partial charge in [0.2, 0.25) is 0 Å². The molecule has 0 aliphatic carbocycles. The maximum atomic E-state index is 2.25. The lowest BCUT2D eigenvalue weighted by molar-refractivity contribution is 0.395. The van der Waals surface area contributed by atoms with Gasteiger partial charge in [-0.3, -0.25) is 0 Å². The number of allylic oxidation sites excluding steroid dienone is 2. The van der Waals surface area contributed by atoms with Crippen molar-refractivity contribution in [2.75, 3.05) is 7.05 Å². The molecule has 1 unspecified atom stereocenters. The number of hydrogen-bond acceptors (Lipinski definition) is 1. The Morgan fingerprint density at radius 1 is 1.45 bits per heavy atom. The molecule has 1 atom stereocenters. The Kier molecular flexibility index (Phi) is 2.38. The molecule has 0 spiro atoms. The lowest BCUT2D eigenvalue weighted by Crippen LogP contribution is -2.25. The third-order valence-electron chi connectivity index (χ3n) is 2.23. The maximum absolute atomic E-state index is 2.25. The first kappa shape index (κ1) is 8.38. The molecule has 62 valence electrons. The average molecular weight is 151 g/mol. The first-order valence-electron chi connectivity index (χ1n) is 4.23. The third-order valence-corrected chi connectivity index (χ3v) is 2.23. The summed E-state index contributed by atoms with van der Waals surface area (Å²) in [5, 5.41) is 0. The van der Waals surface area contributed by atoms with E-state index in [1.807, 2.05) is 0 Å². The zero-order valence-corrected chi connectivity index (χ0v) is 7.83. The summed E-state index contributed by atoms with van der Waals surface area (Å²) >= 11 is 0. The highest BCUT2D eigenvalue weighted by atomic mass is 15.1. The molecule has 0 saturated heterocycles. The molecular weight excluding hydrogens is 134 g/mol. The van der Waals surface area contributed by atoms with Gasteiger partial charge in [-0.05, 0) is 18.4 Å². The van der Waals surface area contributed by atoms with E-state index in [2.05, 4.69) is 51.1 Å².